The van der Waals surface area contributed by atoms with Gasteiger partial charge in [0.05, 0.1) is 0 Å². The average Bonchev–Trinajstić information content (AvgIpc) is 3.49. The Morgan fingerprint density at radius 3 is 1.12 bits per heavy atom. The van der Waals surface area contributed by atoms with Gasteiger partial charge in [-0.3, -0.25) is 0 Å². The molecule has 0 radical (unpaired) electrons. The monoisotopic (exact) mass is 638 g/mol. The van der Waals surface area contributed by atoms with Crippen molar-refractivity contribution < 1.29 is 33.2 Å². The minimum atomic E-state index is -2.25. The molecule has 0 nitrogen and oxygen atoms in total. The molecular weight excluding hydrogens is 576 g/mol. The molecule has 0 heterocycles. The van der Waals surface area contributed by atoms with Crippen LogP contribution in [0.2, 0.25) is 30.4 Å². The normalized spacial score (nSPS) is 18.8. The van der Waals surface area contributed by atoms with Crippen molar-refractivity contribution in [2.45, 2.75) is 145 Å². The molecule has 2 aliphatic rings. The van der Waals surface area contributed by atoms with Crippen molar-refractivity contribution in [3.05, 3.63) is 79.9 Å². The van der Waals surface area contributed by atoms with Gasteiger partial charge < -0.3 is 0 Å². The predicted octanol–water partition coefficient (Wildman–Crippen LogP) is 13.9. The maximum atomic E-state index is 2.78. The van der Waals surface area contributed by atoms with Crippen LogP contribution in [0, 0.1) is 0 Å². The molecule has 2 aliphatic carbocycles. The van der Waals surface area contributed by atoms with Crippen molar-refractivity contribution in [1.82, 2.24) is 0 Å². The van der Waals surface area contributed by atoms with Gasteiger partial charge >= 0.3 is 270 Å². The van der Waals surface area contributed by atoms with Gasteiger partial charge in [-0.1, -0.05) is 0 Å². The van der Waals surface area contributed by atoms with E-state index in [1.165, 1.54) is 22.3 Å². The number of hydrogen-bond donors (Lipinski definition) is 0. The van der Waals surface area contributed by atoms with Crippen molar-refractivity contribution in [3.8, 4) is 0 Å². The molecule has 2 unspecified atom stereocenters. The Bertz CT molecular complexity index is 1260. The van der Waals surface area contributed by atoms with Crippen LogP contribution in [0.3, 0.4) is 0 Å². The first-order chi connectivity index (χ1) is 19.5. The molecule has 42 heavy (non-hydrogen) atoms. The van der Waals surface area contributed by atoms with Crippen LogP contribution in [0.15, 0.2) is 35.4 Å². The van der Waals surface area contributed by atoms with E-state index in [0.29, 0.717) is 23.7 Å². The second-order valence-corrected chi connectivity index (χ2v) is 32.1. The SMILES string of the molecule is CCC1=Cc2c(C(C)C)cc(C(C)C)cc2[CH]1[Ti]([CH3])([CH3])[CH2][CH2][Ti]([CH3])([CH3])[CH]1C(CC)=Cc2c(C(C)C)cc(C(C)C)cc21. The Morgan fingerprint density at radius 1 is 0.524 bits per heavy atom. The van der Waals surface area contributed by atoms with Crippen LogP contribution in [0.1, 0.15) is 159 Å². The van der Waals surface area contributed by atoms with E-state index in [4.69, 9.17) is 0 Å². The third-order valence-corrected chi connectivity index (χ3v) is 24.0. The predicted molar refractivity (Wildman–Crippen MR) is 184 cm³/mol. The summed E-state index contributed by atoms with van der Waals surface area (Å²) in [5.74, 6) is 2.31. The molecule has 230 valence electrons. The Balaban J connectivity index is 1.71. The van der Waals surface area contributed by atoms with Gasteiger partial charge in [-0.25, -0.2) is 0 Å². The topological polar surface area (TPSA) is 0 Å². The Hall–Kier alpha value is -0.651. The third-order valence-electron chi connectivity index (χ3n) is 10.9. The summed E-state index contributed by atoms with van der Waals surface area (Å²) < 4.78 is 4.44. The van der Waals surface area contributed by atoms with E-state index in [9.17, 15) is 0 Å². The van der Waals surface area contributed by atoms with Crippen molar-refractivity contribution >= 4 is 12.2 Å². The first-order valence-electron chi connectivity index (χ1n) is 17.3. The van der Waals surface area contributed by atoms with Crippen LogP contribution in [-0.4, -0.2) is 0 Å². The number of benzene rings is 2. The standard InChI is InChI=1S/2C17H23.C2H4.4CH3.2Ti/c2*1-6-13-7-15-9-14(11(2)3)10-16(12(4)5)17(15)8-13;1-2;;;;;;/h2*7-12H,6H2,1-5H3;1-2H2;4*1H3;;. The van der Waals surface area contributed by atoms with E-state index in [1.54, 1.807) is 55.7 Å². The van der Waals surface area contributed by atoms with Crippen molar-refractivity contribution in [2.75, 3.05) is 0 Å². The molecule has 0 aliphatic heterocycles. The van der Waals surface area contributed by atoms with Gasteiger partial charge in [0.15, 0.2) is 0 Å². The molecule has 0 aromatic heterocycles. The van der Waals surface area contributed by atoms with Gasteiger partial charge in [0.2, 0.25) is 0 Å². The van der Waals surface area contributed by atoms with Crippen LogP contribution < -0.4 is 0 Å². The second-order valence-electron chi connectivity index (χ2n) is 16.3. The zero-order valence-corrected chi connectivity index (χ0v) is 32.9. The molecule has 0 saturated heterocycles. The molecule has 2 atom stereocenters. The fourth-order valence-corrected chi connectivity index (χ4v) is 26.8. The summed E-state index contributed by atoms with van der Waals surface area (Å²) in [4.78, 5) is 0. The van der Waals surface area contributed by atoms with E-state index in [1.807, 2.05) is 0 Å². The fourth-order valence-electron chi connectivity index (χ4n) is 8.21. The Morgan fingerprint density at radius 2 is 0.857 bits per heavy atom. The number of allylic oxidation sites excluding steroid dienone is 2. The maximum absolute atomic E-state index is 2.78. The molecule has 0 fully saturated rings. The molecular formula is C40H62Ti2. The fraction of sp³-hybridized carbons (Fsp3) is 0.600. The van der Waals surface area contributed by atoms with Gasteiger partial charge in [-0.2, -0.15) is 0 Å². The first kappa shape index (κ1) is 34.2. The molecule has 2 aromatic carbocycles. The van der Waals surface area contributed by atoms with Gasteiger partial charge in [-0.15, -0.1) is 0 Å². The number of fused-ring (bicyclic) bond motifs is 2. The van der Waals surface area contributed by atoms with Crippen LogP contribution in [0.4, 0.5) is 0 Å². The summed E-state index contributed by atoms with van der Waals surface area (Å²) in [6.45, 7) is 23.9. The average molecular weight is 639 g/mol. The first-order valence-corrected chi connectivity index (χ1v) is 27.6. The quantitative estimate of drug-likeness (QED) is 0.215. The van der Waals surface area contributed by atoms with Crippen LogP contribution >= 0.6 is 0 Å². The second kappa shape index (κ2) is 13.0. The molecule has 0 bridgehead atoms. The van der Waals surface area contributed by atoms with E-state index < -0.39 is 33.2 Å². The van der Waals surface area contributed by atoms with Crippen LogP contribution in [0.5, 0.6) is 0 Å². The van der Waals surface area contributed by atoms with Crippen molar-refractivity contribution in [1.29, 1.82) is 0 Å². The molecule has 0 amide bonds. The number of rotatable bonds is 11. The summed E-state index contributed by atoms with van der Waals surface area (Å²) in [5.41, 5.74) is 16.4. The van der Waals surface area contributed by atoms with Gasteiger partial charge in [0, 0.05) is 0 Å². The summed E-state index contributed by atoms with van der Waals surface area (Å²) in [6.07, 6.45) is 7.68. The van der Waals surface area contributed by atoms with E-state index in [-0.39, 0.29) is 0 Å². The summed E-state index contributed by atoms with van der Waals surface area (Å²) in [6, 6.07) is 10.3. The van der Waals surface area contributed by atoms with Crippen molar-refractivity contribution in [2.24, 2.45) is 0 Å². The Labute approximate surface area is 268 Å². The summed E-state index contributed by atoms with van der Waals surface area (Å²) in [5, 5.41) is 11.1. The van der Waals surface area contributed by atoms with Crippen LogP contribution in [0.25, 0.3) is 12.2 Å². The van der Waals surface area contributed by atoms with Crippen LogP contribution in [-0.2, 0) is 33.2 Å². The third kappa shape index (κ3) is 6.50. The molecule has 0 spiro atoms. The molecule has 4 rings (SSSR count). The Kier molecular flexibility index (Phi) is 10.6. The zero-order valence-electron chi connectivity index (χ0n) is 29.8. The molecule has 0 N–H and O–H groups in total. The van der Waals surface area contributed by atoms with E-state index in [0.717, 1.165) is 8.45 Å². The van der Waals surface area contributed by atoms with Gasteiger partial charge in [-0.05, 0) is 0 Å². The minimum absolute atomic E-state index is 0.572. The molecule has 2 aromatic rings. The van der Waals surface area contributed by atoms with E-state index in [2.05, 4.69) is 127 Å². The summed E-state index contributed by atoms with van der Waals surface area (Å²) in [7, 11) is 0. The molecule has 2 heteroatoms. The van der Waals surface area contributed by atoms with Crippen molar-refractivity contribution in [3.63, 3.8) is 0 Å². The van der Waals surface area contributed by atoms with Gasteiger partial charge in [0.1, 0.15) is 0 Å². The van der Waals surface area contributed by atoms with Gasteiger partial charge in [0.25, 0.3) is 0 Å². The number of hydrogen-bond acceptors (Lipinski definition) is 0. The zero-order chi connectivity index (χ0) is 31.3. The molecule has 0 saturated carbocycles. The summed E-state index contributed by atoms with van der Waals surface area (Å²) >= 11 is -4.50. The van der Waals surface area contributed by atoms with E-state index >= 15 is 0 Å².